The Morgan fingerprint density at radius 1 is 1.35 bits per heavy atom. The monoisotopic (exact) mass is 252 g/mol. The average Bonchev–Trinajstić information content (AvgIpc) is 2.28. The largest absolute Gasteiger partial charge is 0.368 e. The molecule has 2 amide bonds. The minimum absolute atomic E-state index is 0.0414. The quantitative estimate of drug-likeness (QED) is 0.792. The van der Waals surface area contributed by atoms with Gasteiger partial charge >= 0.3 is 0 Å². The molecule has 4 nitrogen and oxygen atoms in total. The Labute approximate surface area is 105 Å². The van der Waals surface area contributed by atoms with Crippen LogP contribution < -0.4 is 5.73 Å². The number of hydrogen-bond acceptors (Lipinski definition) is 3. The van der Waals surface area contributed by atoms with E-state index in [1.54, 1.807) is 18.8 Å². The Hall–Kier alpha value is -1.49. The van der Waals surface area contributed by atoms with Gasteiger partial charge in [-0.15, -0.1) is 11.8 Å². The first-order valence-corrected chi connectivity index (χ1v) is 6.41. The zero-order valence-corrected chi connectivity index (χ0v) is 10.8. The fraction of sp³-hybridized carbons (Fsp3) is 0.333. The molecule has 5 heteroatoms. The van der Waals surface area contributed by atoms with Gasteiger partial charge in [-0.3, -0.25) is 9.59 Å². The highest BCUT2D eigenvalue weighted by atomic mass is 32.2. The average molecular weight is 252 g/mol. The van der Waals surface area contributed by atoms with E-state index in [4.69, 9.17) is 5.73 Å². The summed E-state index contributed by atoms with van der Waals surface area (Å²) in [6.07, 6.45) is 2.26. The van der Waals surface area contributed by atoms with Crippen LogP contribution in [0.25, 0.3) is 0 Å². The molecule has 0 heterocycles. The Kier molecular flexibility index (Phi) is 5.03. The minimum Gasteiger partial charge on any atom is -0.368 e. The number of nitrogens with two attached hydrogens (primary N) is 1. The number of thioether (sulfide) groups is 1. The van der Waals surface area contributed by atoms with Crippen LogP contribution in [0.3, 0.4) is 0 Å². The number of nitrogens with zero attached hydrogens (tertiary/aromatic N) is 1. The lowest BCUT2D eigenvalue weighted by molar-refractivity contribution is -0.133. The van der Waals surface area contributed by atoms with Gasteiger partial charge in [-0.2, -0.15) is 0 Å². The van der Waals surface area contributed by atoms with Gasteiger partial charge < -0.3 is 10.6 Å². The maximum Gasteiger partial charge on any atom is 0.237 e. The summed E-state index contributed by atoms with van der Waals surface area (Å²) in [7, 11) is 1.58. The SMILES string of the molecule is CSc1ccccc1CC(=O)N(C)CC(N)=O. The molecule has 0 atom stereocenters. The van der Waals surface area contributed by atoms with Crippen molar-refractivity contribution in [3.05, 3.63) is 29.8 Å². The number of likely N-dealkylation sites (N-methyl/N-ethyl adjacent to an activating group) is 1. The van der Waals surface area contributed by atoms with Crippen molar-refractivity contribution in [3.63, 3.8) is 0 Å². The lowest BCUT2D eigenvalue weighted by Crippen LogP contribution is -2.36. The van der Waals surface area contributed by atoms with Crippen molar-refractivity contribution in [1.82, 2.24) is 4.90 Å². The molecule has 0 saturated heterocycles. The molecule has 0 spiro atoms. The molecule has 0 aliphatic carbocycles. The van der Waals surface area contributed by atoms with Gasteiger partial charge in [-0.1, -0.05) is 18.2 Å². The molecule has 0 aromatic heterocycles. The summed E-state index contributed by atoms with van der Waals surface area (Å²) in [6.45, 7) is -0.0414. The van der Waals surface area contributed by atoms with Crippen molar-refractivity contribution >= 4 is 23.6 Å². The maximum atomic E-state index is 11.8. The number of carbonyl (C=O) groups is 2. The zero-order valence-electron chi connectivity index (χ0n) is 9.97. The third-order valence-corrected chi connectivity index (χ3v) is 3.19. The van der Waals surface area contributed by atoms with E-state index in [0.29, 0.717) is 6.42 Å². The van der Waals surface area contributed by atoms with Crippen LogP contribution in [0.15, 0.2) is 29.2 Å². The van der Waals surface area contributed by atoms with Gasteiger partial charge in [0.05, 0.1) is 13.0 Å². The van der Waals surface area contributed by atoms with Crippen LogP contribution in [0, 0.1) is 0 Å². The first-order valence-electron chi connectivity index (χ1n) is 5.18. The lowest BCUT2D eigenvalue weighted by Gasteiger charge is -2.15. The predicted octanol–water partition coefficient (Wildman–Crippen LogP) is 0.895. The number of carbonyl (C=O) groups excluding carboxylic acids is 2. The Bertz CT molecular complexity index is 421. The predicted molar refractivity (Wildman–Crippen MR) is 68.8 cm³/mol. The molecule has 17 heavy (non-hydrogen) atoms. The summed E-state index contributed by atoms with van der Waals surface area (Å²) in [6, 6.07) is 7.73. The third kappa shape index (κ3) is 4.11. The fourth-order valence-corrected chi connectivity index (χ4v) is 2.09. The van der Waals surface area contributed by atoms with Crippen LogP contribution in [-0.2, 0) is 16.0 Å². The number of rotatable bonds is 5. The van der Waals surface area contributed by atoms with E-state index in [1.807, 2.05) is 30.5 Å². The molecule has 0 radical (unpaired) electrons. The van der Waals surface area contributed by atoms with Crippen molar-refractivity contribution in [3.8, 4) is 0 Å². The third-order valence-electron chi connectivity index (χ3n) is 2.35. The van der Waals surface area contributed by atoms with Gasteiger partial charge in [0, 0.05) is 11.9 Å². The second kappa shape index (κ2) is 6.30. The van der Waals surface area contributed by atoms with Gasteiger partial charge in [-0.25, -0.2) is 0 Å². The number of hydrogen-bond donors (Lipinski definition) is 1. The van der Waals surface area contributed by atoms with Crippen LogP contribution in [0.5, 0.6) is 0 Å². The molecule has 0 fully saturated rings. The van der Waals surface area contributed by atoms with E-state index in [-0.39, 0.29) is 12.5 Å². The maximum absolute atomic E-state index is 11.8. The van der Waals surface area contributed by atoms with Gasteiger partial charge in [-0.05, 0) is 17.9 Å². The summed E-state index contributed by atoms with van der Waals surface area (Å²) in [5, 5.41) is 0. The first kappa shape index (κ1) is 13.6. The van der Waals surface area contributed by atoms with E-state index >= 15 is 0 Å². The summed E-state index contributed by atoms with van der Waals surface area (Å²) in [5.41, 5.74) is 6.02. The minimum atomic E-state index is -0.501. The van der Waals surface area contributed by atoms with Crippen LogP contribution in [-0.4, -0.2) is 36.6 Å². The van der Waals surface area contributed by atoms with Gasteiger partial charge in [0.25, 0.3) is 0 Å². The standard InChI is InChI=1S/C12H16N2O2S/c1-14(8-11(13)15)12(16)7-9-5-3-4-6-10(9)17-2/h3-6H,7-8H2,1-2H3,(H2,13,15). The van der Waals surface area contributed by atoms with Gasteiger partial charge in [0.1, 0.15) is 0 Å². The normalized spacial score (nSPS) is 10.0. The molecular formula is C12H16N2O2S. The molecule has 0 aliphatic rings. The smallest absolute Gasteiger partial charge is 0.237 e. The molecule has 0 aliphatic heterocycles. The molecular weight excluding hydrogens is 236 g/mol. The fourth-order valence-electron chi connectivity index (χ4n) is 1.47. The van der Waals surface area contributed by atoms with E-state index in [2.05, 4.69) is 0 Å². The highest BCUT2D eigenvalue weighted by Crippen LogP contribution is 2.20. The summed E-state index contributed by atoms with van der Waals surface area (Å²) in [5.74, 6) is -0.607. The van der Waals surface area contributed by atoms with Crippen molar-refractivity contribution in [2.45, 2.75) is 11.3 Å². The topological polar surface area (TPSA) is 63.4 Å². The molecule has 1 aromatic carbocycles. The highest BCUT2D eigenvalue weighted by molar-refractivity contribution is 7.98. The molecule has 1 rings (SSSR count). The molecule has 0 saturated carbocycles. The van der Waals surface area contributed by atoms with Gasteiger partial charge in [0.15, 0.2) is 0 Å². The van der Waals surface area contributed by atoms with Crippen LogP contribution in [0.4, 0.5) is 0 Å². The lowest BCUT2D eigenvalue weighted by atomic mass is 10.1. The molecule has 0 unspecified atom stereocenters. The van der Waals surface area contributed by atoms with Crippen molar-refractivity contribution in [2.75, 3.05) is 19.8 Å². The van der Waals surface area contributed by atoms with Crippen molar-refractivity contribution in [2.24, 2.45) is 5.73 Å². The summed E-state index contributed by atoms with van der Waals surface area (Å²) in [4.78, 5) is 25.0. The molecule has 92 valence electrons. The summed E-state index contributed by atoms with van der Waals surface area (Å²) >= 11 is 1.60. The van der Waals surface area contributed by atoms with Crippen LogP contribution in [0.2, 0.25) is 0 Å². The van der Waals surface area contributed by atoms with Crippen molar-refractivity contribution in [1.29, 1.82) is 0 Å². The molecule has 1 aromatic rings. The van der Waals surface area contributed by atoms with Crippen LogP contribution >= 0.6 is 11.8 Å². The van der Waals surface area contributed by atoms with Gasteiger partial charge in [0.2, 0.25) is 11.8 Å². The Morgan fingerprint density at radius 3 is 2.59 bits per heavy atom. The van der Waals surface area contributed by atoms with E-state index in [9.17, 15) is 9.59 Å². The van der Waals surface area contributed by atoms with E-state index in [0.717, 1.165) is 10.5 Å². The van der Waals surface area contributed by atoms with Crippen LogP contribution in [0.1, 0.15) is 5.56 Å². The highest BCUT2D eigenvalue weighted by Gasteiger charge is 2.13. The molecule has 2 N–H and O–H groups in total. The Balaban J connectivity index is 2.70. The van der Waals surface area contributed by atoms with E-state index in [1.165, 1.54) is 4.90 Å². The number of primary amides is 1. The Morgan fingerprint density at radius 2 is 2.00 bits per heavy atom. The summed E-state index contributed by atoms with van der Waals surface area (Å²) < 4.78 is 0. The van der Waals surface area contributed by atoms with E-state index < -0.39 is 5.91 Å². The second-order valence-electron chi connectivity index (χ2n) is 3.70. The van der Waals surface area contributed by atoms with Crippen molar-refractivity contribution < 1.29 is 9.59 Å². The number of benzene rings is 1. The number of amides is 2. The first-order chi connectivity index (χ1) is 8.04. The zero-order chi connectivity index (χ0) is 12.8. The molecule has 0 bridgehead atoms. The second-order valence-corrected chi connectivity index (χ2v) is 4.55.